The van der Waals surface area contributed by atoms with Gasteiger partial charge in [0.15, 0.2) is 6.61 Å². The minimum absolute atomic E-state index is 0.00431. The molecule has 2 aromatic rings. The van der Waals surface area contributed by atoms with E-state index in [1.807, 2.05) is 0 Å². The zero-order valence-corrected chi connectivity index (χ0v) is 10.9. The molecule has 0 saturated heterocycles. The van der Waals surface area contributed by atoms with Crippen LogP contribution in [0.5, 0.6) is 5.75 Å². The summed E-state index contributed by atoms with van der Waals surface area (Å²) in [6.07, 6.45) is 0. The van der Waals surface area contributed by atoms with E-state index in [2.05, 4.69) is 5.10 Å². The monoisotopic (exact) mass is 286 g/mol. The number of carbonyl (C=O) groups excluding carboxylic acids is 1. The van der Waals surface area contributed by atoms with Gasteiger partial charge in [0, 0.05) is 0 Å². The lowest BCUT2D eigenvalue weighted by Crippen LogP contribution is -2.36. The molecule has 0 bridgehead atoms. The van der Waals surface area contributed by atoms with E-state index in [9.17, 15) is 14.3 Å². The molecule has 0 unspecified atom stereocenters. The molecule has 1 aliphatic rings. The molecule has 0 saturated carbocycles. The predicted molar refractivity (Wildman–Crippen MR) is 74.5 cm³/mol. The van der Waals surface area contributed by atoms with Crippen LogP contribution in [0.15, 0.2) is 53.6 Å². The number of benzene rings is 2. The van der Waals surface area contributed by atoms with Crippen molar-refractivity contribution in [1.82, 2.24) is 0 Å². The smallest absolute Gasteiger partial charge is 0.285 e. The number of hydrogen-bond acceptors (Lipinski definition) is 4. The molecule has 1 amide bonds. The Hall–Kier alpha value is -2.89. The van der Waals surface area contributed by atoms with Crippen LogP contribution in [0.3, 0.4) is 0 Å². The Morgan fingerprint density at radius 1 is 1.14 bits per heavy atom. The van der Waals surface area contributed by atoms with Gasteiger partial charge in [-0.1, -0.05) is 12.1 Å². The maximum absolute atomic E-state index is 12.9. The number of hydrogen-bond donors (Lipinski definition) is 1. The highest BCUT2D eigenvalue weighted by Gasteiger charge is 2.25. The van der Waals surface area contributed by atoms with Crippen LogP contribution in [0.4, 0.5) is 10.1 Å². The van der Waals surface area contributed by atoms with Gasteiger partial charge in [0.05, 0.1) is 11.3 Å². The molecule has 0 spiro atoms. The first-order chi connectivity index (χ1) is 10.1. The molecule has 1 heterocycles. The zero-order chi connectivity index (χ0) is 14.8. The summed E-state index contributed by atoms with van der Waals surface area (Å²) < 4.78 is 18.2. The van der Waals surface area contributed by atoms with Crippen LogP contribution >= 0.6 is 0 Å². The highest BCUT2D eigenvalue weighted by Crippen LogP contribution is 2.23. The number of nitrogens with zero attached hydrogens (tertiary/aromatic N) is 2. The van der Waals surface area contributed by atoms with Gasteiger partial charge in [-0.3, -0.25) is 4.79 Å². The number of phenols is 1. The Morgan fingerprint density at radius 3 is 2.57 bits per heavy atom. The summed E-state index contributed by atoms with van der Waals surface area (Å²) in [6, 6.07) is 11.9. The Bertz CT molecular complexity index is 713. The molecule has 21 heavy (non-hydrogen) atoms. The van der Waals surface area contributed by atoms with Crippen molar-refractivity contribution in [3.8, 4) is 5.75 Å². The summed E-state index contributed by atoms with van der Waals surface area (Å²) in [4.78, 5) is 11.9. The standard InChI is InChI=1S/C15H11FN2O3/c16-10-5-7-11(8-6-10)18-14(20)9-21-15(17-18)12-3-1-2-4-13(12)19/h1-8,19H,9H2. The molecule has 0 atom stereocenters. The van der Waals surface area contributed by atoms with E-state index in [1.54, 1.807) is 18.2 Å². The number of phenolic OH excluding ortho intramolecular Hbond substituents is 1. The van der Waals surface area contributed by atoms with Gasteiger partial charge in [0.2, 0.25) is 5.90 Å². The van der Waals surface area contributed by atoms with Crippen LogP contribution < -0.4 is 5.01 Å². The van der Waals surface area contributed by atoms with Crippen molar-refractivity contribution in [2.24, 2.45) is 5.10 Å². The van der Waals surface area contributed by atoms with E-state index in [1.165, 1.54) is 30.3 Å². The lowest BCUT2D eigenvalue weighted by molar-refractivity contribution is -0.121. The van der Waals surface area contributed by atoms with Gasteiger partial charge in [0.1, 0.15) is 11.6 Å². The third-order valence-electron chi connectivity index (χ3n) is 2.97. The summed E-state index contributed by atoms with van der Waals surface area (Å²) in [5, 5.41) is 15.0. The minimum Gasteiger partial charge on any atom is -0.507 e. The van der Waals surface area contributed by atoms with Crippen molar-refractivity contribution in [3.63, 3.8) is 0 Å². The van der Waals surface area contributed by atoms with Crippen LogP contribution in [-0.4, -0.2) is 23.5 Å². The van der Waals surface area contributed by atoms with E-state index in [4.69, 9.17) is 4.74 Å². The molecule has 5 nitrogen and oxygen atoms in total. The third kappa shape index (κ3) is 2.55. The first-order valence-electron chi connectivity index (χ1n) is 6.23. The van der Waals surface area contributed by atoms with Crippen molar-refractivity contribution in [2.45, 2.75) is 0 Å². The van der Waals surface area contributed by atoms with E-state index in [0.29, 0.717) is 11.3 Å². The summed E-state index contributed by atoms with van der Waals surface area (Å²) >= 11 is 0. The molecule has 0 aliphatic carbocycles. The number of halogens is 1. The fraction of sp³-hybridized carbons (Fsp3) is 0.0667. The second-order valence-corrected chi connectivity index (χ2v) is 4.39. The van der Waals surface area contributed by atoms with Crippen molar-refractivity contribution in [1.29, 1.82) is 0 Å². The highest BCUT2D eigenvalue weighted by molar-refractivity contribution is 6.05. The van der Waals surface area contributed by atoms with Crippen LogP contribution in [0.1, 0.15) is 5.56 Å². The van der Waals surface area contributed by atoms with Gasteiger partial charge in [-0.05, 0) is 36.4 Å². The van der Waals surface area contributed by atoms with Crippen molar-refractivity contribution < 1.29 is 19.0 Å². The number of amides is 1. The van der Waals surface area contributed by atoms with Gasteiger partial charge in [-0.15, -0.1) is 5.10 Å². The second kappa shape index (κ2) is 5.24. The Kier molecular flexibility index (Phi) is 3.27. The fourth-order valence-corrected chi connectivity index (χ4v) is 1.94. The normalized spacial score (nSPS) is 14.6. The Morgan fingerprint density at radius 2 is 1.86 bits per heavy atom. The molecular formula is C15H11FN2O3. The lowest BCUT2D eigenvalue weighted by Gasteiger charge is -2.24. The third-order valence-corrected chi connectivity index (χ3v) is 2.97. The molecule has 2 aromatic carbocycles. The molecule has 1 aliphatic heterocycles. The largest absolute Gasteiger partial charge is 0.507 e. The number of anilines is 1. The van der Waals surface area contributed by atoms with E-state index in [-0.39, 0.29) is 24.2 Å². The fourth-order valence-electron chi connectivity index (χ4n) is 1.94. The number of aromatic hydroxyl groups is 1. The summed E-state index contributed by atoms with van der Waals surface area (Å²) in [6.45, 7) is -0.204. The number of hydrazone groups is 1. The van der Waals surface area contributed by atoms with Crippen LogP contribution in [0.2, 0.25) is 0 Å². The van der Waals surface area contributed by atoms with Crippen LogP contribution in [0, 0.1) is 5.82 Å². The first kappa shape index (κ1) is 13.1. The predicted octanol–water partition coefficient (Wildman–Crippen LogP) is 2.26. The molecule has 0 radical (unpaired) electrons. The van der Waals surface area contributed by atoms with Gasteiger partial charge in [0.25, 0.3) is 5.91 Å². The van der Waals surface area contributed by atoms with Crippen molar-refractivity contribution in [2.75, 3.05) is 11.6 Å². The van der Waals surface area contributed by atoms with Crippen molar-refractivity contribution >= 4 is 17.5 Å². The Balaban J connectivity index is 2.00. The molecule has 106 valence electrons. The van der Waals surface area contributed by atoms with Gasteiger partial charge in [-0.25, -0.2) is 4.39 Å². The molecular weight excluding hydrogens is 275 g/mol. The Labute approximate surface area is 119 Å². The number of ether oxygens (including phenoxy) is 1. The average Bonchev–Trinajstić information content (AvgIpc) is 2.50. The van der Waals surface area contributed by atoms with E-state index < -0.39 is 5.82 Å². The van der Waals surface area contributed by atoms with Crippen molar-refractivity contribution in [3.05, 3.63) is 59.9 Å². The van der Waals surface area contributed by atoms with Gasteiger partial charge < -0.3 is 9.84 Å². The molecule has 1 N–H and O–H groups in total. The summed E-state index contributed by atoms with van der Waals surface area (Å²) in [5.74, 6) is -0.633. The molecule has 0 aromatic heterocycles. The van der Waals surface area contributed by atoms with E-state index >= 15 is 0 Å². The minimum atomic E-state index is -0.399. The molecule has 3 rings (SSSR count). The molecule has 6 heteroatoms. The number of rotatable bonds is 2. The maximum atomic E-state index is 12.9. The van der Waals surface area contributed by atoms with Crippen LogP contribution in [-0.2, 0) is 9.53 Å². The topological polar surface area (TPSA) is 62.1 Å². The summed E-state index contributed by atoms with van der Waals surface area (Å²) in [7, 11) is 0. The summed E-state index contributed by atoms with van der Waals surface area (Å²) in [5.41, 5.74) is 0.815. The van der Waals surface area contributed by atoms with Gasteiger partial charge in [-0.2, -0.15) is 5.01 Å². The first-order valence-corrected chi connectivity index (χ1v) is 6.23. The number of para-hydroxylation sites is 1. The highest BCUT2D eigenvalue weighted by atomic mass is 19.1. The lowest BCUT2D eigenvalue weighted by atomic mass is 10.2. The average molecular weight is 286 g/mol. The SMILES string of the molecule is O=C1COC(c2ccccc2O)=NN1c1ccc(F)cc1. The molecule has 0 fully saturated rings. The zero-order valence-electron chi connectivity index (χ0n) is 10.9. The second-order valence-electron chi connectivity index (χ2n) is 4.39. The van der Waals surface area contributed by atoms with Gasteiger partial charge >= 0.3 is 0 Å². The van der Waals surface area contributed by atoms with Crippen LogP contribution in [0.25, 0.3) is 0 Å². The maximum Gasteiger partial charge on any atom is 0.285 e. The van der Waals surface area contributed by atoms with E-state index in [0.717, 1.165) is 5.01 Å². The number of carbonyl (C=O) groups is 1. The quantitative estimate of drug-likeness (QED) is 0.921.